The van der Waals surface area contributed by atoms with Crippen molar-refractivity contribution in [2.75, 3.05) is 38.2 Å². The van der Waals surface area contributed by atoms with Crippen LogP contribution in [-0.4, -0.2) is 38.4 Å². The van der Waals surface area contributed by atoms with Crippen molar-refractivity contribution >= 4 is 22.7 Å². The van der Waals surface area contributed by atoms with Crippen molar-refractivity contribution in [3.63, 3.8) is 0 Å². The van der Waals surface area contributed by atoms with Crippen LogP contribution in [0.15, 0.2) is 18.2 Å². The molecule has 0 bridgehead atoms. The number of phenols is 1. The topological polar surface area (TPSA) is 44.7 Å². The number of methoxy groups -OCH3 is 1. The molecule has 0 aliphatic carbocycles. The lowest BCUT2D eigenvalue weighted by Crippen LogP contribution is -2.43. The van der Waals surface area contributed by atoms with E-state index in [-0.39, 0.29) is 22.7 Å². The lowest BCUT2D eigenvalue weighted by Gasteiger charge is -2.30. The van der Waals surface area contributed by atoms with Crippen LogP contribution in [0.25, 0.3) is 0 Å². The fraction of sp³-hybridized carbons (Fsp3) is 0.455. The molecule has 16 heavy (non-hydrogen) atoms. The van der Waals surface area contributed by atoms with Crippen molar-refractivity contribution in [1.82, 2.24) is 5.32 Å². The third-order valence-corrected chi connectivity index (χ3v) is 2.62. The second-order valence-corrected chi connectivity index (χ2v) is 3.59. The molecule has 2 rings (SSSR count). The van der Waals surface area contributed by atoms with Crippen molar-refractivity contribution in [3.05, 3.63) is 18.2 Å². The summed E-state index contributed by atoms with van der Waals surface area (Å²) in [6.45, 7) is 3.93. The number of ether oxygens (including phenoxy) is 1. The highest BCUT2D eigenvalue weighted by atomic mass is 79.9. The Hall–Kier alpha value is -0.940. The van der Waals surface area contributed by atoms with E-state index in [1.807, 2.05) is 6.07 Å². The van der Waals surface area contributed by atoms with Crippen molar-refractivity contribution in [2.24, 2.45) is 0 Å². The lowest BCUT2D eigenvalue weighted by atomic mass is 10.2. The molecule has 0 aromatic heterocycles. The number of phenolic OH excluding ortho intramolecular Hbond substituents is 1. The van der Waals surface area contributed by atoms with Crippen LogP contribution in [-0.2, 0) is 0 Å². The van der Waals surface area contributed by atoms with Gasteiger partial charge < -0.3 is 20.1 Å². The van der Waals surface area contributed by atoms with E-state index in [1.54, 1.807) is 19.2 Å². The van der Waals surface area contributed by atoms with Crippen molar-refractivity contribution in [2.45, 2.75) is 0 Å². The van der Waals surface area contributed by atoms with Gasteiger partial charge in [-0.2, -0.15) is 0 Å². The second kappa shape index (κ2) is 5.96. The summed E-state index contributed by atoms with van der Waals surface area (Å²) in [5.41, 5.74) is 1.05. The Balaban J connectivity index is 0.00000128. The minimum Gasteiger partial charge on any atom is -0.508 e. The minimum atomic E-state index is 0. The summed E-state index contributed by atoms with van der Waals surface area (Å²) in [4.78, 5) is 2.26. The molecule has 0 amide bonds. The molecule has 1 aromatic carbocycles. The number of nitrogens with zero attached hydrogens (tertiary/aromatic N) is 1. The van der Waals surface area contributed by atoms with Gasteiger partial charge >= 0.3 is 0 Å². The predicted molar refractivity (Wildman–Crippen MR) is 70.1 cm³/mol. The number of piperazine rings is 1. The van der Waals surface area contributed by atoms with Gasteiger partial charge in [0.1, 0.15) is 11.5 Å². The number of anilines is 1. The first-order chi connectivity index (χ1) is 7.31. The normalized spacial score (nSPS) is 15.4. The van der Waals surface area contributed by atoms with E-state index in [1.165, 1.54) is 0 Å². The van der Waals surface area contributed by atoms with E-state index in [4.69, 9.17) is 4.74 Å². The molecule has 5 heteroatoms. The van der Waals surface area contributed by atoms with Gasteiger partial charge in [-0.15, -0.1) is 17.0 Å². The summed E-state index contributed by atoms with van der Waals surface area (Å²) in [5, 5.41) is 12.7. The molecular formula is C11H17BrN2O2. The van der Waals surface area contributed by atoms with E-state index < -0.39 is 0 Å². The summed E-state index contributed by atoms with van der Waals surface area (Å²) in [6, 6.07) is 5.25. The predicted octanol–water partition coefficient (Wildman–Crippen LogP) is 1.39. The number of benzene rings is 1. The quantitative estimate of drug-likeness (QED) is 0.863. The summed E-state index contributed by atoms with van der Waals surface area (Å²) < 4.78 is 5.26. The van der Waals surface area contributed by atoms with Crippen LogP contribution in [0.4, 0.5) is 5.69 Å². The van der Waals surface area contributed by atoms with Crippen molar-refractivity contribution in [3.8, 4) is 11.5 Å². The lowest BCUT2D eigenvalue weighted by molar-refractivity contribution is 0.406. The van der Waals surface area contributed by atoms with Crippen LogP contribution in [0, 0.1) is 0 Å². The molecule has 0 radical (unpaired) electrons. The van der Waals surface area contributed by atoms with Crippen LogP contribution in [0.1, 0.15) is 0 Å². The highest BCUT2D eigenvalue weighted by Gasteiger charge is 2.14. The molecule has 0 unspecified atom stereocenters. The first-order valence-corrected chi connectivity index (χ1v) is 5.14. The summed E-state index contributed by atoms with van der Waals surface area (Å²) >= 11 is 0. The molecule has 2 N–H and O–H groups in total. The maximum absolute atomic E-state index is 9.36. The van der Waals surface area contributed by atoms with Crippen LogP contribution >= 0.6 is 17.0 Å². The summed E-state index contributed by atoms with van der Waals surface area (Å²) in [6.07, 6.45) is 0. The summed E-state index contributed by atoms with van der Waals surface area (Å²) in [7, 11) is 1.63. The molecule has 90 valence electrons. The Bertz CT molecular complexity index is 341. The largest absolute Gasteiger partial charge is 0.508 e. The van der Waals surface area contributed by atoms with Gasteiger partial charge in [0.25, 0.3) is 0 Å². The molecule has 0 saturated carbocycles. The molecule has 1 fully saturated rings. The maximum atomic E-state index is 9.36. The van der Waals surface area contributed by atoms with Gasteiger partial charge in [0.05, 0.1) is 12.8 Å². The third-order valence-electron chi connectivity index (χ3n) is 2.62. The fourth-order valence-corrected chi connectivity index (χ4v) is 1.83. The second-order valence-electron chi connectivity index (χ2n) is 3.59. The van der Waals surface area contributed by atoms with Crippen molar-refractivity contribution in [1.29, 1.82) is 0 Å². The van der Waals surface area contributed by atoms with Gasteiger partial charge in [-0.3, -0.25) is 0 Å². The van der Waals surface area contributed by atoms with Gasteiger partial charge in [-0.05, 0) is 12.1 Å². The van der Waals surface area contributed by atoms with Crippen molar-refractivity contribution < 1.29 is 9.84 Å². The van der Waals surface area contributed by atoms with Crippen LogP contribution in [0.5, 0.6) is 11.5 Å². The highest BCUT2D eigenvalue weighted by molar-refractivity contribution is 8.93. The molecule has 1 heterocycles. The standard InChI is InChI=1S/C11H16N2O2.BrH/c1-15-11-8-9(14)2-3-10(11)13-6-4-12-5-7-13;/h2-3,8,12,14H,4-7H2,1H3;1H. The van der Waals surface area contributed by atoms with Crippen LogP contribution < -0.4 is 15.0 Å². The number of hydrogen-bond acceptors (Lipinski definition) is 4. The van der Waals surface area contributed by atoms with Crippen LogP contribution in [0.3, 0.4) is 0 Å². The number of rotatable bonds is 2. The van der Waals surface area contributed by atoms with E-state index in [0.29, 0.717) is 0 Å². The monoisotopic (exact) mass is 288 g/mol. The number of halogens is 1. The number of aromatic hydroxyl groups is 1. The van der Waals surface area contributed by atoms with E-state index in [9.17, 15) is 5.11 Å². The average Bonchev–Trinajstić information content (AvgIpc) is 2.30. The first kappa shape index (κ1) is 13.1. The minimum absolute atomic E-state index is 0. The molecule has 0 atom stereocenters. The van der Waals surface area contributed by atoms with Gasteiger partial charge in [0.2, 0.25) is 0 Å². The Morgan fingerprint density at radius 2 is 2.00 bits per heavy atom. The Morgan fingerprint density at radius 1 is 1.31 bits per heavy atom. The zero-order valence-electron chi connectivity index (χ0n) is 9.27. The Morgan fingerprint density at radius 3 is 2.62 bits per heavy atom. The van der Waals surface area contributed by atoms with Gasteiger partial charge in [-0.1, -0.05) is 0 Å². The zero-order valence-corrected chi connectivity index (χ0v) is 11.0. The smallest absolute Gasteiger partial charge is 0.145 e. The average molecular weight is 289 g/mol. The summed E-state index contributed by atoms with van der Waals surface area (Å²) in [5.74, 6) is 0.975. The fourth-order valence-electron chi connectivity index (χ4n) is 1.83. The van der Waals surface area contributed by atoms with Crippen LogP contribution in [0.2, 0.25) is 0 Å². The molecule has 0 spiro atoms. The highest BCUT2D eigenvalue weighted by Crippen LogP contribution is 2.31. The molecule has 1 saturated heterocycles. The van der Waals surface area contributed by atoms with E-state index >= 15 is 0 Å². The Labute approximate surface area is 106 Å². The van der Waals surface area contributed by atoms with Gasteiger partial charge in [-0.25, -0.2) is 0 Å². The SMILES string of the molecule is Br.COc1cc(O)ccc1N1CCNCC1. The molecule has 1 aliphatic rings. The number of nitrogens with one attached hydrogen (secondary N) is 1. The first-order valence-electron chi connectivity index (χ1n) is 5.14. The van der Waals surface area contributed by atoms with Gasteiger partial charge in [0.15, 0.2) is 0 Å². The van der Waals surface area contributed by atoms with E-state index in [2.05, 4.69) is 10.2 Å². The Kier molecular flexibility index (Phi) is 4.89. The molecule has 4 nitrogen and oxygen atoms in total. The molecule has 1 aromatic rings. The van der Waals surface area contributed by atoms with E-state index in [0.717, 1.165) is 37.6 Å². The number of hydrogen-bond donors (Lipinski definition) is 2. The van der Waals surface area contributed by atoms with Gasteiger partial charge in [0, 0.05) is 32.2 Å². The maximum Gasteiger partial charge on any atom is 0.145 e. The third kappa shape index (κ3) is 2.80. The zero-order chi connectivity index (χ0) is 10.7. The molecule has 1 aliphatic heterocycles. The molecular weight excluding hydrogens is 272 g/mol.